The van der Waals surface area contributed by atoms with Gasteiger partial charge in [-0.25, -0.2) is 4.57 Å². The third kappa shape index (κ3) is 47.0. The Balaban J connectivity index is 4.03. The van der Waals surface area contributed by atoms with Crippen LogP contribution < -0.4 is 11.1 Å². The van der Waals surface area contributed by atoms with Gasteiger partial charge in [0.15, 0.2) is 0 Å². The number of aliphatic hydroxyl groups is 1. The first-order valence-corrected chi connectivity index (χ1v) is 28.3. The Morgan fingerprint density at radius 2 is 0.836 bits per heavy atom. The van der Waals surface area contributed by atoms with Crippen molar-refractivity contribution < 1.29 is 28.4 Å². The highest BCUT2D eigenvalue weighted by Crippen LogP contribution is 2.43. The Bertz CT molecular complexity index is 968. The number of phosphoric acid groups is 1. The number of aliphatic hydroxyl groups excluding tert-OH is 1. The molecular formula is C52H105N2O6P. The maximum atomic E-state index is 12.8. The molecule has 9 heteroatoms. The van der Waals surface area contributed by atoms with E-state index in [2.05, 4.69) is 19.2 Å². The molecule has 61 heavy (non-hydrogen) atoms. The minimum Gasteiger partial charge on any atom is -0.387 e. The predicted octanol–water partition coefficient (Wildman–Crippen LogP) is 15.9. The normalized spacial score (nSPS) is 13.9. The van der Waals surface area contributed by atoms with Gasteiger partial charge in [-0.3, -0.25) is 13.8 Å². The molecule has 0 spiro atoms. The van der Waals surface area contributed by atoms with E-state index < -0.39 is 20.0 Å². The van der Waals surface area contributed by atoms with Crippen molar-refractivity contribution in [1.29, 1.82) is 0 Å². The van der Waals surface area contributed by atoms with Crippen molar-refractivity contribution in [3.8, 4) is 0 Å². The summed E-state index contributed by atoms with van der Waals surface area (Å²) in [4.78, 5) is 22.8. The summed E-state index contributed by atoms with van der Waals surface area (Å²) in [5.74, 6) is -0.187. The lowest BCUT2D eigenvalue weighted by molar-refractivity contribution is -0.123. The van der Waals surface area contributed by atoms with Crippen molar-refractivity contribution in [3.05, 3.63) is 12.2 Å². The number of hydrogen-bond acceptors (Lipinski definition) is 6. The average molecular weight is 885 g/mol. The first kappa shape index (κ1) is 60.2. The molecule has 0 saturated heterocycles. The molecule has 0 radical (unpaired) electrons. The van der Waals surface area contributed by atoms with Crippen LogP contribution in [-0.2, 0) is 18.4 Å². The van der Waals surface area contributed by atoms with E-state index in [-0.39, 0.29) is 25.7 Å². The third-order valence-corrected chi connectivity index (χ3v) is 13.3. The minimum absolute atomic E-state index is 0.0818. The largest absolute Gasteiger partial charge is 0.472 e. The average Bonchev–Trinajstić information content (AvgIpc) is 3.25. The van der Waals surface area contributed by atoms with E-state index in [1.54, 1.807) is 6.08 Å². The molecule has 3 atom stereocenters. The monoisotopic (exact) mass is 885 g/mol. The molecule has 0 aliphatic heterocycles. The Labute approximate surface area is 379 Å². The van der Waals surface area contributed by atoms with Crippen LogP contribution in [0, 0.1) is 0 Å². The van der Waals surface area contributed by atoms with E-state index in [1.807, 2.05) is 6.08 Å². The molecule has 0 aliphatic carbocycles. The standard InChI is InChI=1S/C52H105N2O6P/c1-3-5-7-9-11-13-15-17-19-21-23-25-26-28-30-32-34-36-38-40-42-44-46-52(56)54-50(49-60-61(57,58)59-48-47-53)51(55)45-43-41-39-37-35-33-31-29-27-24-22-20-18-16-14-12-10-8-6-4-2/h43,45,50-51,55H,3-42,44,46-49,53H2,1-2H3,(H,54,56)(H,57,58)/b45-43+. The van der Waals surface area contributed by atoms with E-state index in [0.717, 1.165) is 38.5 Å². The lowest BCUT2D eigenvalue weighted by Gasteiger charge is -2.23. The van der Waals surface area contributed by atoms with Crippen molar-refractivity contribution in [3.63, 3.8) is 0 Å². The fourth-order valence-electron chi connectivity index (χ4n) is 8.31. The zero-order chi connectivity index (χ0) is 44.6. The quantitative estimate of drug-likeness (QED) is 0.0272. The molecule has 0 rings (SSSR count). The molecule has 0 saturated carbocycles. The first-order valence-electron chi connectivity index (χ1n) is 26.8. The van der Waals surface area contributed by atoms with E-state index in [9.17, 15) is 19.4 Å². The molecule has 8 nitrogen and oxygen atoms in total. The summed E-state index contributed by atoms with van der Waals surface area (Å²) in [7, 11) is -4.34. The van der Waals surface area contributed by atoms with Gasteiger partial charge in [-0.05, 0) is 19.3 Å². The summed E-state index contributed by atoms with van der Waals surface area (Å²) >= 11 is 0. The highest BCUT2D eigenvalue weighted by atomic mass is 31.2. The van der Waals surface area contributed by atoms with Gasteiger partial charge in [-0.15, -0.1) is 0 Å². The number of amides is 1. The van der Waals surface area contributed by atoms with Gasteiger partial charge in [-0.2, -0.15) is 0 Å². The number of carbonyl (C=O) groups is 1. The molecule has 0 heterocycles. The Morgan fingerprint density at radius 1 is 0.525 bits per heavy atom. The van der Waals surface area contributed by atoms with Crippen LogP contribution in [0.15, 0.2) is 12.2 Å². The molecule has 0 aromatic heterocycles. The highest BCUT2D eigenvalue weighted by molar-refractivity contribution is 7.47. The van der Waals surface area contributed by atoms with Crippen LogP contribution in [0.1, 0.15) is 284 Å². The number of nitrogens with two attached hydrogens (primary N) is 1. The molecule has 0 bridgehead atoms. The summed E-state index contributed by atoms with van der Waals surface area (Å²) in [6.45, 7) is 4.19. The number of allylic oxidation sites excluding steroid dienone is 1. The Hall–Kier alpha value is -0.760. The second-order valence-electron chi connectivity index (χ2n) is 18.5. The maximum absolute atomic E-state index is 12.8. The summed E-state index contributed by atoms with van der Waals surface area (Å²) in [5, 5.41) is 13.8. The van der Waals surface area contributed by atoms with Crippen molar-refractivity contribution in [2.45, 2.75) is 296 Å². The van der Waals surface area contributed by atoms with Gasteiger partial charge in [0.1, 0.15) is 0 Å². The Morgan fingerprint density at radius 3 is 1.16 bits per heavy atom. The van der Waals surface area contributed by atoms with Gasteiger partial charge in [0.25, 0.3) is 0 Å². The number of rotatable bonds is 51. The number of hydrogen-bond donors (Lipinski definition) is 4. The zero-order valence-electron chi connectivity index (χ0n) is 40.7. The van der Waals surface area contributed by atoms with E-state index in [4.69, 9.17) is 14.8 Å². The van der Waals surface area contributed by atoms with E-state index in [0.29, 0.717) is 6.42 Å². The highest BCUT2D eigenvalue weighted by Gasteiger charge is 2.26. The lowest BCUT2D eigenvalue weighted by Crippen LogP contribution is -2.45. The molecule has 0 aromatic rings. The van der Waals surface area contributed by atoms with Gasteiger partial charge in [0.05, 0.1) is 25.4 Å². The van der Waals surface area contributed by atoms with Crippen LogP contribution in [0.2, 0.25) is 0 Å². The summed E-state index contributed by atoms with van der Waals surface area (Å²) in [6.07, 6.45) is 57.1. The van der Waals surface area contributed by atoms with Gasteiger partial charge in [-0.1, -0.05) is 270 Å². The number of nitrogens with one attached hydrogen (secondary N) is 1. The fourth-order valence-corrected chi connectivity index (χ4v) is 9.07. The summed E-state index contributed by atoms with van der Waals surface area (Å²) < 4.78 is 22.2. The van der Waals surface area contributed by atoms with Crippen molar-refractivity contribution in [1.82, 2.24) is 5.32 Å². The van der Waals surface area contributed by atoms with Crippen LogP contribution in [0.5, 0.6) is 0 Å². The van der Waals surface area contributed by atoms with Crippen molar-refractivity contribution in [2.24, 2.45) is 5.73 Å². The predicted molar refractivity (Wildman–Crippen MR) is 263 cm³/mol. The van der Waals surface area contributed by atoms with Gasteiger partial charge >= 0.3 is 7.82 Å². The molecule has 3 unspecified atom stereocenters. The topological polar surface area (TPSA) is 131 Å². The SMILES string of the molecule is CCCCCCCCCCCCCCCCCCCC/C=C/C(O)C(COP(=O)(O)OCCN)NC(=O)CCCCCCCCCCCCCCCCCCCCCCCC. The third-order valence-electron chi connectivity index (χ3n) is 12.4. The first-order chi connectivity index (χ1) is 29.9. The molecule has 0 aliphatic rings. The maximum Gasteiger partial charge on any atom is 0.472 e. The van der Waals surface area contributed by atoms with Crippen LogP contribution in [0.4, 0.5) is 0 Å². The molecular weight excluding hydrogens is 780 g/mol. The molecule has 364 valence electrons. The number of unbranched alkanes of at least 4 members (excludes halogenated alkanes) is 39. The molecule has 1 amide bonds. The minimum atomic E-state index is -4.34. The van der Waals surface area contributed by atoms with E-state index in [1.165, 1.54) is 225 Å². The molecule has 0 aromatic carbocycles. The Kier molecular flexibility index (Phi) is 48.1. The fraction of sp³-hybridized carbons (Fsp3) is 0.942. The van der Waals surface area contributed by atoms with Crippen LogP contribution in [0.25, 0.3) is 0 Å². The van der Waals surface area contributed by atoms with Crippen LogP contribution in [-0.4, -0.2) is 47.8 Å². The second kappa shape index (κ2) is 48.7. The number of carbonyl (C=O) groups excluding carboxylic acids is 1. The van der Waals surface area contributed by atoms with E-state index >= 15 is 0 Å². The molecule has 0 fully saturated rings. The number of phosphoric ester groups is 1. The van der Waals surface area contributed by atoms with Gasteiger partial charge in [0, 0.05) is 13.0 Å². The lowest BCUT2D eigenvalue weighted by atomic mass is 10.0. The van der Waals surface area contributed by atoms with Gasteiger partial charge < -0.3 is 21.1 Å². The van der Waals surface area contributed by atoms with Crippen LogP contribution in [0.3, 0.4) is 0 Å². The van der Waals surface area contributed by atoms with Gasteiger partial charge in [0.2, 0.25) is 5.91 Å². The van der Waals surface area contributed by atoms with Crippen molar-refractivity contribution >= 4 is 13.7 Å². The zero-order valence-corrected chi connectivity index (χ0v) is 41.6. The molecule has 5 N–H and O–H groups in total. The van der Waals surface area contributed by atoms with Crippen LogP contribution >= 0.6 is 7.82 Å². The smallest absolute Gasteiger partial charge is 0.387 e. The summed E-state index contributed by atoms with van der Waals surface area (Å²) in [5.41, 5.74) is 5.40. The summed E-state index contributed by atoms with van der Waals surface area (Å²) in [6, 6.07) is -0.856. The van der Waals surface area contributed by atoms with Crippen molar-refractivity contribution in [2.75, 3.05) is 19.8 Å². The second-order valence-corrected chi connectivity index (χ2v) is 19.9.